The Morgan fingerprint density at radius 1 is 1.35 bits per heavy atom. The van der Waals surface area contributed by atoms with Crippen LogP contribution in [-0.4, -0.2) is 25.7 Å². The van der Waals surface area contributed by atoms with E-state index in [9.17, 15) is 4.79 Å². The summed E-state index contributed by atoms with van der Waals surface area (Å²) in [5.41, 5.74) is 1.25. The van der Waals surface area contributed by atoms with Crippen molar-refractivity contribution in [3.8, 4) is 5.75 Å². The molecular weight excluding hydrogens is 254 g/mol. The lowest BCUT2D eigenvalue weighted by Crippen LogP contribution is -2.23. The molecule has 1 unspecified atom stereocenters. The molecule has 0 bridgehead atoms. The molecule has 110 valence electrons. The van der Waals surface area contributed by atoms with Gasteiger partial charge in [0, 0.05) is 12.0 Å². The lowest BCUT2D eigenvalue weighted by molar-refractivity contribution is -0.143. The summed E-state index contributed by atoms with van der Waals surface area (Å²) >= 11 is 0. The number of hydrogen-bond donors (Lipinski definition) is 1. The smallest absolute Gasteiger partial charge is 0.305 e. The highest BCUT2D eigenvalue weighted by atomic mass is 16.5. The fourth-order valence-corrected chi connectivity index (χ4v) is 2.41. The average Bonchev–Trinajstić information content (AvgIpc) is 2.86. The van der Waals surface area contributed by atoms with Crippen LogP contribution in [0.2, 0.25) is 0 Å². The summed E-state index contributed by atoms with van der Waals surface area (Å²) in [6, 6.07) is 8.46. The summed E-state index contributed by atoms with van der Waals surface area (Å²) in [7, 11) is 0. The van der Waals surface area contributed by atoms with Crippen molar-refractivity contribution in [1.82, 2.24) is 5.32 Å². The summed E-state index contributed by atoms with van der Waals surface area (Å²) < 4.78 is 10.5. The van der Waals surface area contributed by atoms with Gasteiger partial charge in [0.15, 0.2) is 0 Å². The van der Waals surface area contributed by atoms with E-state index in [1.165, 1.54) is 5.56 Å². The van der Waals surface area contributed by atoms with E-state index in [1.807, 2.05) is 25.1 Å². The first-order chi connectivity index (χ1) is 9.81. The standard InChI is InChI=1S/C16H23NO3/c1-2-19-16(18)10-4-3-7-11-17-14-12-20-15-9-6-5-8-13(14)15/h5-6,8-9,14,17H,2-4,7,10-12H2,1H3. The van der Waals surface area contributed by atoms with Gasteiger partial charge in [0.25, 0.3) is 0 Å². The highest BCUT2D eigenvalue weighted by molar-refractivity contribution is 5.69. The summed E-state index contributed by atoms with van der Waals surface area (Å²) in [6.45, 7) is 3.97. The van der Waals surface area contributed by atoms with Gasteiger partial charge in [0.1, 0.15) is 12.4 Å². The molecule has 0 saturated carbocycles. The Morgan fingerprint density at radius 2 is 2.20 bits per heavy atom. The molecule has 1 aromatic carbocycles. The molecule has 1 atom stereocenters. The van der Waals surface area contributed by atoms with Crippen LogP contribution in [0.4, 0.5) is 0 Å². The second-order valence-electron chi connectivity index (χ2n) is 4.97. The molecule has 0 fully saturated rings. The number of nitrogens with one attached hydrogen (secondary N) is 1. The fraction of sp³-hybridized carbons (Fsp3) is 0.562. The number of unbranched alkanes of at least 4 members (excludes halogenated alkanes) is 2. The summed E-state index contributed by atoms with van der Waals surface area (Å²) in [5.74, 6) is 0.908. The highest BCUT2D eigenvalue weighted by Gasteiger charge is 2.22. The van der Waals surface area contributed by atoms with E-state index in [-0.39, 0.29) is 5.97 Å². The molecule has 20 heavy (non-hydrogen) atoms. The van der Waals surface area contributed by atoms with E-state index in [2.05, 4.69) is 11.4 Å². The molecule has 0 aliphatic carbocycles. The molecule has 1 aliphatic heterocycles. The first-order valence-corrected chi connectivity index (χ1v) is 7.42. The Morgan fingerprint density at radius 3 is 3.05 bits per heavy atom. The molecule has 4 nitrogen and oxygen atoms in total. The van der Waals surface area contributed by atoms with Crippen LogP contribution >= 0.6 is 0 Å². The van der Waals surface area contributed by atoms with Gasteiger partial charge in [0.05, 0.1) is 12.6 Å². The quantitative estimate of drug-likeness (QED) is 0.586. The number of para-hydroxylation sites is 1. The van der Waals surface area contributed by atoms with Gasteiger partial charge in [0.2, 0.25) is 0 Å². The molecule has 1 aromatic rings. The minimum Gasteiger partial charge on any atom is -0.491 e. The normalized spacial score (nSPS) is 16.6. The predicted octanol–water partition coefficient (Wildman–Crippen LogP) is 2.83. The van der Waals surface area contributed by atoms with Gasteiger partial charge in [-0.05, 0) is 32.4 Å². The maximum atomic E-state index is 11.2. The minimum absolute atomic E-state index is 0.0846. The van der Waals surface area contributed by atoms with E-state index < -0.39 is 0 Å². The van der Waals surface area contributed by atoms with Crippen LogP contribution in [0.25, 0.3) is 0 Å². The fourth-order valence-electron chi connectivity index (χ4n) is 2.41. The Bertz CT molecular complexity index is 433. The molecule has 0 aromatic heterocycles. The van der Waals surface area contributed by atoms with Crippen LogP contribution in [0.15, 0.2) is 24.3 Å². The second-order valence-corrected chi connectivity index (χ2v) is 4.97. The molecule has 1 aliphatic rings. The van der Waals surface area contributed by atoms with Crippen molar-refractivity contribution in [3.63, 3.8) is 0 Å². The largest absolute Gasteiger partial charge is 0.491 e. The van der Waals surface area contributed by atoms with Crippen LogP contribution in [0.5, 0.6) is 5.75 Å². The summed E-state index contributed by atoms with van der Waals surface area (Å²) in [4.78, 5) is 11.2. The van der Waals surface area contributed by atoms with Crippen molar-refractivity contribution in [2.45, 2.75) is 38.6 Å². The number of fused-ring (bicyclic) bond motifs is 1. The number of benzene rings is 1. The first-order valence-electron chi connectivity index (χ1n) is 7.42. The SMILES string of the molecule is CCOC(=O)CCCCCNC1COc2ccccc21. The number of esters is 1. The topological polar surface area (TPSA) is 47.6 Å². The summed E-state index contributed by atoms with van der Waals surface area (Å²) in [6.07, 6.45) is 3.54. The lowest BCUT2D eigenvalue weighted by Gasteiger charge is -2.11. The Hall–Kier alpha value is -1.55. The summed E-state index contributed by atoms with van der Waals surface area (Å²) in [5, 5.41) is 3.51. The van der Waals surface area contributed by atoms with E-state index >= 15 is 0 Å². The van der Waals surface area contributed by atoms with Crippen molar-refractivity contribution in [2.24, 2.45) is 0 Å². The van der Waals surface area contributed by atoms with Gasteiger partial charge >= 0.3 is 5.97 Å². The van der Waals surface area contributed by atoms with Crippen molar-refractivity contribution in [2.75, 3.05) is 19.8 Å². The van der Waals surface area contributed by atoms with Crippen molar-refractivity contribution in [3.05, 3.63) is 29.8 Å². The molecule has 2 rings (SSSR count). The third-order valence-electron chi connectivity index (χ3n) is 3.45. The molecule has 1 N–H and O–H groups in total. The van der Waals surface area contributed by atoms with E-state index in [0.717, 1.165) is 31.6 Å². The van der Waals surface area contributed by atoms with Crippen LogP contribution in [0.3, 0.4) is 0 Å². The molecule has 0 saturated heterocycles. The lowest BCUT2D eigenvalue weighted by atomic mass is 10.1. The Balaban J connectivity index is 1.57. The maximum absolute atomic E-state index is 11.2. The third-order valence-corrected chi connectivity index (χ3v) is 3.45. The molecule has 1 heterocycles. The van der Waals surface area contributed by atoms with Gasteiger partial charge in [-0.25, -0.2) is 0 Å². The second kappa shape index (κ2) is 7.90. The van der Waals surface area contributed by atoms with E-state index in [1.54, 1.807) is 0 Å². The monoisotopic (exact) mass is 277 g/mol. The Labute approximate surface area is 120 Å². The van der Waals surface area contributed by atoms with Gasteiger partial charge < -0.3 is 14.8 Å². The molecular formula is C16H23NO3. The van der Waals surface area contributed by atoms with Crippen molar-refractivity contribution < 1.29 is 14.3 Å². The number of carbonyl (C=O) groups excluding carboxylic acids is 1. The molecule has 4 heteroatoms. The highest BCUT2D eigenvalue weighted by Crippen LogP contribution is 2.31. The van der Waals surface area contributed by atoms with E-state index in [4.69, 9.17) is 9.47 Å². The zero-order valence-corrected chi connectivity index (χ0v) is 12.1. The van der Waals surface area contributed by atoms with E-state index in [0.29, 0.717) is 25.7 Å². The minimum atomic E-state index is -0.0846. The van der Waals surface area contributed by atoms with Crippen molar-refractivity contribution in [1.29, 1.82) is 0 Å². The molecule has 0 spiro atoms. The number of rotatable bonds is 8. The number of ether oxygens (including phenoxy) is 2. The average molecular weight is 277 g/mol. The van der Waals surface area contributed by atoms with Gasteiger partial charge in [-0.3, -0.25) is 4.79 Å². The van der Waals surface area contributed by atoms with Gasteiger partial charge in [-0.1, -0.05) is 24.6 Å². The number of carbonyl (C=O) groups is 1. The molecule has 0 radical (unpaired) electrons. The zero-order chi connectivity index (χ0) is 14.2. The van der Waals surface area contributed by atoms with Gasteiger partial charge in [-0.2, -0.15) is 0 Å². The molecule has 0 amide bonds. The predicted molar refractivity (Wildman–Crippen MR) is 77.8 cm³/mol. The van der Waals surface area contributed by atoms with Crippen LogP contribution in [0, 0.1) is 0 Å². The maximum Gasteiger partial charge on any atom is 0.305 e. The van der Waals surface area contributed by atoms with Crippen LogP contribution < -0.4 is 10.1 Å². The third kappa shape index (κ3) is 4.23. The van der Waals surface area contributed by atoms with Crippen LogP contribution in [-0.2, 0) is 9.53 Å². The van der Waals surface area contributed by atoms with Gasteiger partial charge in [-0.15, -0.1) is 0 Å². The Kier molecular flexibility index (Phi) is 5.87. The van der Waals surface area contributed by atoms with Crippen LogP contribution in [0.1, 0.15) is 44.2 Å². The zero-order valence-electron chi connectivity index (χ0n) is 12.1. The van der Waals surface area contributed by atoms with Crippen molar-refractivity contribution >= 4 is 5.97 Å². The first kappa shape index (κ1) is 14.9. The number of hydrogen-bond acceptors (Lipinski definition) is 4.